The molecule has 0 aromatic heterocycles. The summed E-state index contributed by atoms with van der Waals surface area (Å²) in [4.78, 5) is 25.8. The Morgan fingerprint density at radius 1 is 1.25 bits per heavy atom. The molecule has 1 aromatic rings. The molecule has 1 N–H and O–H groups in total. The van der Waals surface area contributed by atoms with E-state index in [-0.39, 0.29) is 24.5 Å². The summed E-state index contributed by atoms with van der Waals surface area (Å²) in [6.07, 6.45) is 5.19. The van der Waals surface area contributed by atoms with Gasteiger partial charge in [-0.15, -0.1) is 0 Å². The lowest BCUT2D eigenvalue weighted by Crippen LogP contribution is -2.45. The van der Waals surface area contributed by atoms with Crippen molar-refractivity contribution < 1.29 is 14.3 Å². The molecule has 0 spiro atoms. The minimum Gasteiger partial charge on any atom is -0.465 e. The van der Waals surface area contributed by atoms with E-state index < -0.39 is 0 Å². The number of esters is 1. The molecule has 132 valence electrons. The van der Waals surface area contributed by atoms with Crippen molar-refractivity contribution in [3.8, 4) is 0 Å². The molecule has 0 aliphatic carbocycles. The lowest BCUT2D eigenvalue weighted by Gasteiger charge is -2.23. The third kappa shape index (κ3) is 5.96. The van der Waals surface area contributed by atoms with Crippen LogP contribution in [0.2, 0.25) is 0 Å². The van der Waals surface area contributed by atoms with Gasteiger partial charge < -0.3 is 10.1 Å². The fraction of sp³-hybridized carbons (Fsp3) is 0.579. The Hall–Kier alpha value is -1.88. The SMILES string of the molecule is CCOC(=O)CNC(=O)[C@@H]1CCCN1CCCCc1ccccc1. The van der Waals surface area contributed by atoms with Crippen LogP contribution in [0.4, 0.5) is 0 Å². The van der Waals surface area contributed by atoms with Gasteiger partial charge in [0.05, 0.1) is 12.6 Å². The molecule has 0 unspecified atom stereocenters. The largest absolute Gasteiger partial charge is 0.465 e. The second kappa shape index (κ2) is 10.1. The monoisotopic (exact) mass is 332 g/mol. The van der Waals surface area contributed by atoms with Crippen LogP contribution in [0, 0.1) is 0 Å². The molecule has 5 heteroatoms. The van der Waals surface area contributed by atoms with Gasteiger partial charge in [0.1, 0.15) is 6.54 Å². The summed E-state index contributed by atoms with van der Waals surface area (Å²) in [7, 11) is 0. The maximum absolute atomic E-state index is 12.3. The third-order valence-electron chi connectivity index (χ3n) is 4.38. The van der Waals surface area contributed by atoms with Gasteiger partial charge in [-0.05, 0) is 57.7 Å². The van der Waals surface area contributed by atoms with Crippen LogP contribution in [-0.2, 0) is 20.7 Å². The molecule has 0 radical (unpaired) electrons. The highest BCUT2D eigenvalue weighted by atomic mass is 16.5. The Kier molecular flexibility index (Phi) is 7.75. The van der Waals surface area contributed by atoms with Crippen molar-refractivity contribution in [2.45, 2.75) is 45.1 Å². The van der Waals surface area contributed by atoms with E-state index in [4.69, 9.17) is 4.74 Å². The fourth-order valence-corrected chi connectivity index (χ4v) is 3.17. The Bertz CT molecular complexity index is 519. The molecule has 1 fully saturated rings. The number of carbonyl (C=O) groups excluding carboxylic acids is 2. The number of carbonyl (C=O) groups is 2. The zero-order valence-electron chi connectivity index (χ0n) is 14.5. The first-order valence-corrected chi connectivity index (χ1v) is 8.92. The molecule has 1 aliphatic rings. The molecule has 1 heterocycles. The van der Waals surface area contributed by atoms with Crippen LogP contribution < -0.4 is 5.32 Å². The summed E-state index contributed by atoms with van der Waals surface area (Å²) in [5.41, 5.74) is 1.36. The van der Waals surface area contributed by atoms with E-state index in [1.807, 2.05) is 6.07 Å². The molecule has 2 rings (SSSR count). The van der Waals surface area contributed by atoms with Crippen LogP contribution in [0.5, 0.6) is 0 Å². The standard InChI is InChI=1S/C19H28N2O3/c1-2-24-18(22)15-20-19(23)17-12-8-14-21(17)13-7-6-11-16-9-4-3-5-10-16/h3-5,9-10,17H,2,6-8,11-15H2,1H3,(H,20,23)/t17-/m0/s1. The molecule has 24 heavy (non-hydrogen) atoms. The van der Waals surface area contributed by atoms with Crippen molar-refractivity contribution in [1.29, 1.82) is 0 Å². The number of hydrogen-bond donors (Lipinski definition) is 1. The smallest absolute Gasteiger partial charge is 0.325 e. The highest BCUT2D eigenvalue weighted by Crippen LogP contribution is 2.18. The quantitative estimate of drug-likeness (QED) is 0.556. The van der Waals surface area contributed by atoms with Crippen LogP contribution in [0.25, 0.3) is 0 Å². The summed E-state index contributed by atoms with van der Waals surface area (Å²) in [5.74, 6) is -0.429. The average Bonchev–Trinajstić information content (AvgIpc) is 3.06. The van der Waals surface area contributed by atoms with Crippen molar-refractivity contribution in [2.75, 3.05) is 26.2 Å². The molecule has 1 saturated heterocycles. The molecular formula is C19H28N2O3. The first kappa shape index (κ1) is 18.5. The van der Waals surface area contributed by atoms with Gasteiger partial charge in [0.2, 0.25) is 5.91 Å². The number of rotatable bonds is 9. The summed E-state index contributed by atoms with van der Waals surface area (Å²) < 4.78 is 4.84. The molecule has 1 aromatic carbocycles. The molecule has 5 nitrogen and oxygen atoms in total. The van der Waals surface area contributed by atoms with Gasteiger partial charge in [-0.25, -0.2) is 0 Å². The van der Waals surface area contributed by atoms with Crippen LogP contribution in [0.1, 0.15) is 38.2 Å². The molecule has 0 bridgehead atoms. The number of likely N-dealkylation sites (tertiary alicyclic amines) is 1. The highest BCUT2D eigenvalue weighted by Gasteiger charge is 2.30. The molecule has 1 amide bonds. The van der Waals surface area contributed by atoms with Gasteiger partial charge in [-0.1, -0.05) is 30.3 Å². The van der Waals surface area contributed by atoms with E-state index in [1.165, 1.54) is 5.56 Å². The van der Waals surface area contributed by atoms with E-state index in [2.05, 4.69) is 34.5 Å². The summed E-state index contributed by atoms with van der Waals surface area (Å²) in [6, 6.07) is 10.4. The Labute approximate surface area is 144 Å². The van der Waals surface area contributed by atoms with Crippen molar-refractivity contribution >= 4 is 11.9 Å². The van der Waals surface area contributed by atoms with Gasteiger partial charge in [-0.3, -0.25) is 14.5 Å². The third-order valence-corrected chi connectivity index (χ3v) is 4.38. The minimum absolute atomic E-state index is 0.0367. The van der Waals surface area contributed by atoms with Crippen molar-refractivity contribution in [2.24, 2.45) is 0 Å². The predicted molar refractivity (Wildman–Crippen MR) is 93.6 cm³/mol. The van der Waals surface area contributed by atoms with E-state index >= 15 is 0 Å². The first-order valence-electron chi connectivity index (χ1n) is 8.92. The number of nitrogens with one attached hydrogen (secondary N) is 1. The van der Waals surface area contributed by atoms with Gasteiger partial charge in [0.25, 0.3) is 0 Å². The second-order valence-electron chi connectivity index (χ2n) is 6.16. The molecule has 1 atom stereocenters. The normalized spacial score (nSPS) is 17.6. The zero-order chi connectivity index (χ0) is 17.2. The Morgan fingerprint density at radius 2 is 2.04 bits per heavy atom. The minimum atomic E-state index is -0.377. The lowest BCUT2D eigenvalue weighted by molar-refractivity contribution is -0.143. The molecule has 0 saturated carbocycles. The van der Waals surface area contributed by atoms with Gasteiger partial charge in [0.15, 0.2) is 0 Å². The number of ether oxygens (including phenoxy) is 1. The first-order chi connectivity index (χ1) is 11.7. The molecular weight excluding hydrogens is 304 g/mol. The predicted octanol–water partition coefficient (Wildman–Crippen LogP) is 2.15. The number of unbranched alkanes of at least 4 members (excludes halogenated alkanes) is 1. The number of benzene rings is 1. The van der Waals surface area contributed by atoms with Crippen molar-refractivity contribution in [3.05, 3.63) is 35.9 Å². The number of nitrogens with zero attached hydrogens (tertiary/aromatic N) is 1. The summed E-state index contributed by atoms with van der Waals surface area (Å²) in [6.45, 7) is 3.96. The Balaban J connectivity index is 1.68. The van der Waals surface area contributed by atoms with Crippen LogP contribution in [0.3, 0.4) is 0 Å². The van der Waals surface area contributed by atoms with Gasteiger partial charge >= 0.3 is 5.97 Å². The van der Waals surface area contributed by atoms with E-state index in [0.29, 0.717) is 6.61 Å². The number of amides is 1. The van der Waals surface area contributed by atoms with Crippen molar-refractivity contribution in [3.63, 3.8) is 0 Å². The van der Waals surface area contributed by atoms with E-state index in [1.54, 1.807) is 6.92 Å². The Morgan fingerprint density at radius 3 is 2.79 bits per heavy atom. The second-order valence-corrected chi connectivity index (χ2v) is 6.16. The molecule has 1 aliphatic heterocycles. The van der Waals surface area contributed by atoms with Gasteiger partial charge in [0, 0.05) is 0 Å². The van der Waals surface area contributed by atoms with Crippen LogP contribution in [-0.4, -0.2) is 49.1 Å². The maximum atomic E-state index is 12.3. The van der Waals surface area contributed by atoms with E-state index in [9.17, 15) is 9.59 Å². The maximum Gasteiger partial charge on any atom is 0.325 e. The lowest BCUT2D eigenvalue weighted by atomic mass is 10.1. The van der Waals surface area contributed by atoms with E-state index in [0.717, 1.165) is 45.2 Å². The zero-order valence-corrected chi connectivity index (χ0v) is 14.5. The summed E-state index contributed by atoms with van der Waals surface area (Å²) >= 11 is 0. The average molecular weight is 332 g/mol. The fourth-order valence-electron chi connectivity index (χ4n) is 3.17. The number of hydrogen-bond acceptors (Lipinski definition) is 4. The summed E-state index contributed by atoms with van der Waals surface area (Å²) in [5, 5.41) is 2.70. The topological polar surface area (TPSA) is 58.6 Å². The van der Waals surface area contributed by atoms with Gasteiger partial charge in [-0.2, -0.15) is 0 Å². The van der Waals surface area contributed by atoms with Crippen LogP contribution >= 0.6 is 0 Å². The van der Waals surface area contributed by atoms with Crippen molar-refractivity contribution in [1.82, 2.24) is 10.2 Å². The highest BCUT2D eigenvalue weighted by molar-refractivity contribution is 5.85. The van der Waals surface area contributed by atoms with Crippen LogP contribution in [0.15, 0.2) is 30.3 Å². The number of aryl methyl sites for hydroxylation is 1.